The minimum absolute atomic E-state index is 0.0247. The third kappa shape index (κ3) is 12.4. The number of carbonyl (C=O) groups is 7. The third-order valence-electron chi connectivity index (χ3n) is 16.2. The first-order valence-electron chi connectivity index (χ1n) is 25.9. The molecule has 4 aliphatic carbocycles. The summed E-state index contributed by atoms with van der Waals surface area (Å²) in [5, 5.41) is 46.1. The average molecular weight is 1110 g/mol. The van der Waals surface area contributed by atoms with Crippen LogP contribution in [0.25, 0.3) is 0 Å². The maximum absolute atomic E-state index is 14.1. The highest BCUT2D eigenvalue weighted by molar-refractivity contribution is 9.09. The Bertz CT molecular complexity index is 2520. The second kappa shape index (κ2) is 24.9. The summed E-state index contributed by atoms with van der Waals surface area (Å²) in [7, 11) is 1.56. The lowest BCUT2D eigenvalue weighted by atomic mass is 9.46. The van der Waals surface area contributed by atoms with E-state index in [1.165, 1.54) is 13.8 Å². The van der Waals surface area contributed by atoms with E-state index < -0.39 is 89.1 Å². The van der Waals surface area contributed by atoms with Gasteiger partial charge in [-0.15, -0.1) is 0 Å². The standard InChI is InChI=1S/C54H73BrN6O14/c1-31(58-50(71)40(59-46(68)26-55)8-6-7-17-56-45(67)15-19-73-21-20-72-5)48(69)57-32(2)49(70)60-41-22-33(9-10-35(41)29-62)27-61-18-14-34(28-61)51-74-44-24-39-38-12-11-36-23-37(64)13-16-52(36,3)47(38)42(65)25-53(39,4)54(44,75-51)43(66)30-63/h9-10,13-14,16,18,22-23,28,31-32,38-40,42,44,47,51,62-63,65H,6-8,11-12,15,17,19-21,24-27,29-30H2,1-5H3,(H,56,67)(H,57,69)(H,58,71)(H,59,68)(H,60,70)/t31-,32-,38-,39-,40-,42-,44+,47+,51+,52-,53-,54+/m0/s1. The first-order chi connectivity index (χ1) is 35.8. The van der Waals surface area contributed by atoms with Crippen molar-refractivity contribution in [2.75, 3.05) is 50.7 Å². The number of ketones is 2. The minimum Gasteiger partial charge on any atom is -0.393 e. The Morgan fingerprint density at radius 3 is 2.45 bits per heavy atom. The summed E-state index contributed by atoms with van der Waals surface area (Å²) in [5.74, 6) is -3.15. The lowest BCUT2D eigenvalue weighted by Gasteiger charge is -2.59. The van der Waals surface area contributed by atoms with Crippen molar-refractivity contribution in [3.05, 3.63) is 77.2 Å². The quantitative estimate of drug-likeness (QED) is 0.0525. The Hall–Kier alpha value is -5.13. The number of ether oxygens (including phenoxy) is 4. The molecule has 0 radical (unpaired) electrons. The average Bonchev–Trinajstić information content (AvgIpc) is 4.08. The number of alkyl halides is 1. The van der Waals surface area contributed by atoms with Gasteiger partial charge in [-0.2, -0.15) is 0 Å². The number of carbonyl (C=O) groups excluding carboxylic acids is 7. The molecule has 12 atom stereocenters. The van der Waals surface area contributed by atoms with Crippen molar-refractivity contribution < 1.29 is 67.8 Å². The lowest BCUT2D eigenvalue weighted by molar-refractivity contribution is -0.201. The number of aliphatic hydroxyl groups excluding tert-OH is 3. The fourth-order valence-corrected chi connectivity index (χ4v) is 12.6. The van der Waals surface area contributed by atoms with Gasteiger partial charge in [0.15, 0.2) is 23.5 Å². The van der Waals surface area contributed by atoms with Crippen molar-refractivity contribution in [3.63, 3.8) is 0 Å². The van der Waals surface area contributed by atoms with Gasteiger partial charge in [-0.3, -0.25) is 33.6 Å². The van der Waals surface area contributed by atoms with Crippen LogP contribution in [0.4, 0.5) is 5.69 Å². The molecule has 8 N–H and O–H groups in total. The number of hydrogen-bond donors (Lipinski definition) is 8. The number of hydrogen-bond acceptors (Lipinski definition) is 14. The van der Waals surface area contributed by atoms with Crippen LogP contribution < -0.4 is 26.6 Å². The molecule has 0 spiro atoms. The molecular formula is C54H73BrN6O14. The summed E-state index contributed by atoms with van der Waals surface area (Å²) in [5.41, 5.74) is 0.312. The first-order valence-corrected chi connectivity index (χ1v) is 27.0. The van der Waals surface area contributed by atoms with Gasteiger partial charge in [-0.25, -0.2) is 0 Å². The van der Waals surface area contributed by atoms with E-state index in [1.54, 1.807) is 31.4 Å². The molecule has 4 fully saturated rings. The molecule has 410 valence electrons. The molecule has 1 aromatic carbocycles. The number of amides is 5. The van der Waals surface area contributed by atoms with Gasteiger partial charge in [0.25, 0.3) is 0 Å². The summed E-state index contributed by atoms with van der Waals surface area (Å²) in [6.07, 6.45) is 10.1. The van der Waals surface area contributed by atoms with Crippen molar-refractivity contribution >= 4 is 62.7 Å². The Balaban J connectivity index is 0.926. The van der Waals surface area contributed by atoms with Crippen LogP contribution in [0.5, 0.6) is 0 Å². The Morgan fingerprint density at radius 1 is 0.960 bits per heavy atom. The monoisotopic (exact) mass is 1110 g/mol. The van der Waals surface area contributed by atoms with Crippen molar-refractivity contribution in [1.29, 1.82) is 0 Å². The van der Waals surface area contributed by atoms with Crippen LogP contribution in [0, 0.1) is 28.6 Å². The summed E-state index contributed by atoms with van der Waals surface area (Å²) in [6, 6.07) is 3.90. The first kappa shape index (κ1) is 57.6. The molecule has 5 amide bonds. The number of halogens is 1. The van der Waals surface area contributed by atoms with E-state index in [0.29, 0.717) is 68.8 Å². The van der Waals surface area contributed by atoms with Gasteiger partial charge >= 0.3 is 0 Å². The van der Waals surface area contributed by atoms with Crippen molar-refractivity contribution in [2.45, 2.75) is 134 Å². The topological polar surface area (TPSA) is 282 Å². The zero-order valence-corrected chi connectivity index (χ0v) is 44.9. The van der Waals surface area contributed by atoms with E-state index in [2.05, 4.69) is 49.4 Å². The fraction of sp³-hybridized carbons (Fsp3) is 0.611. The Labute approximate surface area is 445 Å². The van der Waals surface area contributed by atoms with Gasteiger partial charge in [0, 0.05) is 72.6 Å². The van der Waals surface area contributed by atoms with Crippen LogP contribution in [0.2, 0.25) is 0 Å². The van der Waals surface area contributed by atoms with Crippen LogP contribution in [0.15, 0.2) is 60.5 Å². The molecule has 0 bridgehead atoms. The Kier molecular flexibility index (Phi) is 19.1. The van der Waals surface area contributed by atoms with Gasteiger partial charge in [0.1, 0.15) is 24.7 Å². The smallest absolute Gasteiger partial charge is 0.246 e. The number of fused-ring (bicyclic) bond motifs is 7. The van der Waals surface area contributed by atoms with Gasteiger partial charge in [0.05, 0.1) is 44.0 Å². The van der Waals surface area contributed by atoms with E-state index in [4.69, 9.17) is 18.9 Å². The maximum atomic E-state index is 14.1. The molecule has 2 heterocycles. The molecule has 3 saturated carbocycles. The molecule has 1 aromatic heterocycles. The molecular weight excluding hydrogens is 1040 g/mol. The number of nitrogens with one attached hydrogen (secondary N) is 5. The fourth-order valence-electron chi connectivity index (χ4n) is 12.4. The minimum atomic E-state index is -1.50. The van der Waals surface area contributed by atoms with Crippen LogP contribution in [-0.2, 0) is 65.7 Å². The number of methoxy groups -OCH3 is 1. The summed E-state index contributed by atoms with van der Waals surface area (Å²) >= 11 is 3.09. The van der Waals surface area contributed by atoms with Crippen LogP contribution >= 0.6 is 15.9 Å². The highest BCUT2D eigenvalue weighted by Crippen LogP contribution is 2.70. The van der Waals surface area contributed by atoms with E-state index in [-0.39, 0.29) is 67.3 Å². The zero-order valence-electron chi connectivity index (χ0n) is 43.4. The Morgan fingerprint density at radius 2 is 1.72 bits per heavy atom. The molecule has 2 aromatic rings. The number of unbranched alkanes of at least 4 members (excludes halogenated alkanes) is 1. The molecule has 1 saturated heterocycles. The largest absolute Gasteiger partial charge is 0.393 e. The number of nitrogens with zero attached hydrogens (tertiary/aromatic N) is 1. The van der Waals surface area contributed by atoms with Crippen LogP contribution in [0.3, 0.4) is 0 Å². The van der Waals surface area contributed by atoms with Gasteiger partial charge < -0.3 is 65.4 Å². The molecule has 1 aliphatic heterocycles. The van der Waals surface area contributed by atoms with E-state index >= 15 is 0 Å². The molecule has 7 rings (SSSR count). The van der Waals surface area contributed by atoms with E-state index in [0.717, 1.165) is 17.6 Å². The number of allylic oxidation sites excluding steroid dienone is 4. The van der Waals surface area contributed by atoms with Gasteiger partial charge in [0.2, 0.25) is 29.5 Å². The number of rotatable bonds is 25. The van der Waals surface area contributed by atoms with Crippen LogP contribution in [0.1, 0.15) is 102 Å². The highest BCUT2D eigenvalue weighted by Gasteiger charge is 2.76. The zero-order chi connectivity index (χ0) is 54.2. The number of Topliss-reactive ketones (excluding diaryl/α,β-unsaturated/α-hetero) is 1. The highest BCUT2D eigenvalue weighted by atomic mass is 79.9. The van der Waals surface area contributed by atoms with E-state index in [9.17, 15) is 48.9 Å². The lowest BCUT2D eigenvalue weighted by Crippen LogP contribution is -2.63. The SMILES string of the molecule is COCCOCCC(=O)NCCCC[C@H](NC(=O)CBr)C(=O)N[C@@H](C)C(=O)N[C@@H](C)C(=O)Nc1cc(Cn2ccc([C@@H]3O[C@@H]4C[C@H]5[C@@H]6CCC7=CC(=O)C=C[C@]7(C)[C@H]6[C@@H](O)C[C@]5(C)[C@]4(C(=O)CO)O3)c2)ccc1CO. The van der Waals surface area contributed by atoms with Crippen LogP contribution in [-0.4, -0.2) is 142 Å². The molecule has 0 unspecified atom stereocenters. The summed E-state index contributed by atoms with van der Waals surface area (Å²) in [6.45, 7) is 7.65. The normalized spacial score (nSPS) is 28.6. The van der Waals surface area contributed by atoms with Gasteiger partial charge in [-0.1, -0.05) is 53.6 Å². The second-order valence-electron chi connectivity index (χ2n) is 21.0. The van der Waals surface area contributed by atoms with Crippen molar-refractivity contribution in [2.24, 2.45) is 28.6 Å². The van der Waals surface area contributed by atoms with Gasteiger partial charge in [-0.05, 0) is 100 Å². The molecule has 75 heavy (non-hydrogen) atoms. The van der Waals surface area contributed by atoms with Crippen molar-refractivity contribution in [1.82, 2.24) is 25.8 Å². The number of anilines is 1. The number of aliphatic hydroxyl groups is 3. The molecule has 5 aliphatic rings. The number of aromatic nitrogens is 1. The van der Waals surface area contributed by atoms with Crippen molar-refractivity contribution in [3.8, 4) is 0 Å². The molecule has 20 nitrogen and oxygen atoms in total. The summed E-state index contributed by atoms with van der Waals surface area (Å²) in [4.78, 5) is 90.9. The predicted octanol–water partition coefficient (Wildman–Crippen LogP) is 2.80. The summed E-state index contributed by atoms with van der Waals surface area (Å²) < 4.78 is 25.5. The maximum Gasteiger partial charge on any atom is 0.246 e. The molecule has 21 heteroatoms. The third-order valence-corrected chi connectivity index (χ3v) is 16.7. The second-order valence-corrected chi connectivity index (χ2v) is 21.6. The predicted molar refractivity (Wildman–Crippen MR) is 277 cm³/mol. The number of benzene rings is 1. The van der Waals surface area contributed by atoms with E-state index in [1.807, 2.05) is 42.1 Å².